The highest BCUT2D eigenvalue weighted by atomic mass is 16.5. The minimum atomic E-state index is 0.0879. The lowest BCUT2D eigenvalue weighted by Crippen LogP contribution is -2.49. The summed E-state index contributed by atoms with van der Waals surface area (Å²) in [6.45, 7) is 0. The van der Waals surface area contributed by atoms with Crippen molar-refractivity contribution in [3.63, 3.8) is 0 Å². The summed E-state index contributed by atoms with van der Waals surface area (Å²) in [6.07, 6.45) is 8.89. The Hall–Kier alpha value is -2.04. The molecule has 0 saturated heterocycles. The van der Waals surface area contributed by atoms with E-state index >= 15 is 0 Å². The fourth-order valence-electron chi connectivity index (χ4n) is 4.84. The second-order valence-electron chi connectivity index (χ2n) is 7.67. The summed E-state index contributed by atoms with van der Waals surface area (Å²) in [5.74, 6) is 2.00. The highest BCUT2D eigenvalue weighted by Gasteiger charge is 2.43. The highest BCUT2D eigenvalue weighted by molar-refractivity contribution is 6.07. The maximum atomic E-state index is 13.1. The number of rotatable bonds is 4. The number of methoxy groups -OCH3 is 2. The van der Waals surface area contributed by atoms with Crippen LogP contribution in [0.2, 0.25) is 0 Å². The van der Waals surface area contributed by atoms with Gasteiger partial charge in [-0.2, -0.15) is 5.10 Å². The fraction of sp³-hybridized carbons (Fsp3) is 0.619. The van der Waals surface area contributed by atoms with Gasteiger partial charge in [-0.3, -0.25) is 4.79 Å². The van der Waals surface area contributed by atoms with Crippen LogP contribution in [0, 0.1) is 11.8 Å². The van der Waals surface area contributed by atoms with E-state index in [2.05, 4.69) is 6.07 Å². The normalized spacial score (nSPS) is 26.5. The number of carbonyl (C=O) groups excluding carboxylic acids is 1. The Morgan fingerprint density at radius 3 is 2.27 bits per heavy atom. The number of hydrazone groups is 1. The van der Waals surface area contributed by atoms with Crippen molar-refractivity contribution in [2.24, 2.45) is 16.9 Å². The molecule has 1 aliphatic heterocycles. The number of nitrogens with zero attached hydrogens (tertiary/aromatic N) is 2. The first-order valence-corrected chi connectivity index (χ1v) is 9.87. The molecule has 2 unspecified atom stereocenters. The van der Waals surface area contributed by atoms with Crippen molar-refractivity contribution in [1.82, 2.24) is 5.01 Å². The summed E-state index contributed by atoms with van der Waals surface area (Å²) in [5.41, 5.74) is 2.11. The van der Waals surface area contributed by atoms with Crippen molar-refractivity contribution >= 4 is 11.6 Å². The number of amides is 1. The molecule has 3 aliphatic rings. The summed E-state index contributed by atoms with van der Waals surface area (Å²) in [6, 6.07) is 6.27. The minimum absolute atomic E-state index is 0.0879. The van der Waals surface area contributed by atoms with Gasteiger partial charge in [-0.15, -0.1) is 0 Å². The maximum absolute atomic E-state index is 13.1. The third-order valence-corrected chi connectivity index (χ3v) is 6.23. The summed E-state index contributed by atoms with van der Waals surface area (Å²) >= 11 is 0. The van der Waals surface area contributed by atoms with Crippen molar-refractivity contribution in [2.75, 3.05) is 14.2 Å². The zero-order valence-electron chi connectivity index (χ0n) is 15.7. The van der Waals surface area contributed by atoms with Crippen molar-refractivity contribution in [3.05, 3.63) is 23.8 Å². The maximum Gasteiger partial charge on any atom is 0.246 e. The van der Waals surface area contributed by atoms with Gasteiger partial charge in [0.25, 0.3) is 0 Å². The second kappa shape index (κ2) is 7.29. The third-order valence-electron chi connectivity index (χ3n) is 6.23. The van der Waals surface area contributed by atoms with E-state index < -0.39 is 0 Å². The molecular weight excluding hydrogens is 328 g/mol. The first-order valence-electron chi connectivity index (χ1n) is 9.87. The van der Waals surface area contributed by atoms with Crippen LogP contribution in [0.1, 0.15) is 56.9 Å². The smallest absolute Gasteiger partial charge is 0.246 e. The average molecular weight is 356 g/mol. The average Bonchev–Trinajstić information content (AvgIpc) is 3.22. The second-order valence-corrected chi connectivity index (χ2v) is 7.67. The van der Waals surface area contributed by atoms with Gasteiger partial charge in [0.05, 0.1) is 26.0 Å². The quantitative estimate of drug-likeness (QED) is 0.819. The van der Waals surface area contributed by atoms with E-state index in [4.69, 9.17) is 14.6 Å². The molecule has 5 heteroatoms. The van der Waals surface area contributed by atoms with E-state index in [1.807, 2.05) is 17.1 Å². The first kappa shape index (κ1) is 17.4. The molecule has 5 nitrogen and oxygen atoms in total. The van der Waals surface area contributed by atoms with Crippen LogP contribution in [0.3, 0.4) is 0 Å². The predicted octanol–water partition coefficient (Wildman–Crippen LogP) is 4.00. The summed E-state index contributed by atoms with van der Waals surface area (Å²) in [7, 11) is 3.30. The molecule has 0 bridgehead atoms. The van der Waals surface area contributed by atoms with Gasteiger partial charge in [0, 0.05) is 17.4 Å². The van der Waals surface area contributed by atoms with E-state index in [1.54, 1.807) is 14.2 Å². The van der Waals surface area contributed by atoms with Gasteiger partial charge in [0.15, 0.2) is 11.5 Å². The molecule has 4 rings (SSSR count). The summed E-state index contributed by atoms with van der Waals surface area (Å²) in [5, 5.41) is 6.77. The van der Waals surface area contributed by atoms with Crippen molar-refractivity contribution in [1.29, 1.82) is 0 Å². The minimum Gasteiger partial charge on any atom is -0.493 e. The largest absolute Gasteiger partial charge is 0.493 e. The lowest BCUT2D eigenvalue weighted by molar-refractivity contribution is -0.141. The Labute approximate surface area is 155 Å². The van der Waals surface area contributed by atoms with Crippen LogP contribution in [0.4, 0.5) is 0 Å². The standard InChI is InChI=1S/C21H28N2O3/c1-25-18-12-11-14(13-19(18)26-2)20-16-9-5-6-10-17(16)21(24)23(22-20)15-7-3-4-8-15/h11-13,15-17H,3-10H2,1-2H3. The topological polar surface area (TPSA) is 51.1 Å². The van der Waals surface area contributed by atoms with Crippen LogP contribution in [0.25, 0.3) is 0 Å². The molecule has 1 aromatic carbocycles. The number of carbonyl (C=O) groups is 1. The zero-order valence-corrected chi connectivity index (χ0v) is 15.7. The van der Waals surface area contributed by atoms with Crippen LogP contribution in [0.5, 0.6) is 11.5 Å². The van der Waals surface area contributed by atoms with Crippen LogP contribution >= 0.6 is 0 Å². The molecular formula is C21H28N2O3. The van der Waals surface area contributed by atoms with E-state index in [0.717, 1.165) is 49.1 Å². The molecule has 26 heavy (non-hydrogen) atoms. The number of hydrogen-bond donors (Lipinski definition) is 0. The molecule has 0 aromatic heterocycles. The van der Waals surface area contributed by atoms with Crippen LogP contribution < -0.4 is 9.47 Å². The summed E-state index contributed by atoms with van der Waals surface area (Å²) < 4.78 is 10.9. The molecule has 2 fully saturated rings. The number of fused-ring (bicyclic) bond motifs is 1. The monoisotopic (exact) mass is 356 g/mol. The van der Waals surface area contributed by atoms with Crippen molar-refractivity contribution < 1.29 is 14.3 Å². The van der Waals surface area contributed by atoms with Crippen molar-refractivity contribution in [2.45, 2.75) is 57.4 Å². The third kappa shape index (κ3) is 2.97. The van der Waals surface area contributed by atoms with Gasteiger partial charge >= 0.3 is 0 Å². The molecule has 0 N–H and O–H groups in total. The Morgan fingerprint density at radius 1 is 0.923 bits per heavy atom. The van der Waals surface area contributed by atoms with E-state index in [9.17, 15) is 4.79 Å². The molecule has 2 aliphatic carbocycles. The number of hydrogen-bond acceptors (Lipinski definition) is 4. The van der Waals surface area contributed by atoms with E-state index in [0.29, 0.717) is 5.75 Å². The van der Waals surface area contributed by atoms with Gasteiger partial charge in [0.2, 0.25) is 5.91 Å². The van der Waals surface area contributed by atoms with Crippen LogP contribution in [0.15, 0.2) is 23.3 Å². The SMILES string of the molecule is COc1ccc(C2=NN(C3CCCC3)C(=O)C3CCCCC23)cc1OC. The Morgan fingerprint density at radius 2 is 1.58 bits per heavy atom. The van der Waals surface area contributed by atoms with Crippen molar-refractivity contribution in [3.8, 4) is 11.5 Å². The lowest BCUT2D eigenvalue weighted by Gasteiger charge is -2.40. The number of benzene rings is 1. The zero-order chi connectivity index (χ0) is 18.1. The number of ether oxygens (including phenoxy) is 2. The molecule has 1 heterocycles. The molecule has 0 radical (unpaired) electrons. The van der Waals surface area contributed by atoms with Gasteiger partial charge in [-0.25, -0.2) is 5.01 Å². The molecule has 2 atom stereocenters. The van der Waals surface area contributed by atoms with E-state index in [-0.39, 0.29) is 23.8 Å². The van der Waals surface area contributed by atoms with Gasteiger partial charge < -0.3 is 9.47 Å². The predicted molar refractivity (Wildman–Crippen MR) is 101 cm³/mol. The lowest BCUT2D eigenvalue weighted by atomic mass is 9.73. The molecule has 140 valence electrons. The molecule has 1 amide bonds. The van der Waals surface area contributed by atoms with Crippen LogP contribution in [-0.2, 0) is 4.79 Å². The summed E-state index contributed by atoms with van der Waals surface area (Å²) in [4.78, 5) is 13.1. The Kier molecular flexibility index (Phi) is 4.88. The Balaban J connectivity index is 1.75. The van der Waals surface area contributed by atoms with Crippen LogP contribution in [-0.4, -0.2) is 36.9 Å². The van der Waals surface area contributed by atoms with Gasteiger partial charge in [-0.05, 0) is 43.9 Å². The first-order chi connectivity index (χ1) is 12.7. The van der Waals surface area contributed by atoms with E-state index in [1.165, 1.54) is 19.3 Å². The molecule has 2 saturated carbocycles. The molecule has 0 spiro atoms. The van der Waals surface area contributed by atoms with Gasteiger partial charge in [0.1, 0.15) is 0 Å². The Bertz CT molecular complexity index is 709. The van der Waals surface area contributed by atoms with Gasteiger partial charge in [-0.1, -0.05) is 25.7 Å². The fourth-order valence-corrected chi connectivity index (χ4v) is 4.84. The molecule has 1 aromatic rings. The highest BCUT2D eigenvalue weighted by Crippen LogP contribution is 2.40.